The number of hydrogen-bond acceptors (Lipinski definition) is 5. The fourth-order valence-corrected chi connectivity index (χ4v) is 6.00. The summed E-state index contributed by atoms with van der Waals surface area (Å²) < 4.78 is 2.14. The zero-order valence-electron chi connectivity index (χ0n) is 23.1. The Kier molecular flexibility index (Phi) is 8.96. The first-order valence-electron chi connectivity index (χ1n) is 13.8. The van der Waals surface area contributed by atoms with Crippen LogP contribution in [0.1, 0.15) is 47.1 Å². The molecule has 5 rings (SSSR count). The van der Waals surface area contributed by atoms with Gasteiger partial charge in [-0.1, -0.05) is 72.4 Å². The maximum atomic E-state index is 13.0. The third kappa shape index (κ3) is 6.62. The van der Waals surface area contributed by atoms with Crippen LogP contribution in [0.5, 0.6) is 0 Å². The van der Waals surface area contributed by atoms with Gasteiger partial charge in [0.2, 0.25) is 5.91 Å². The SMILES string of the molecule is Cc1cccc(-n2c(Cc3ccccc3)nnc2SCCCC(=O)N2CCN(C(=O)c3ccccc3)C(C)C2)c1. The van der Waals surface area contributed by atoms with Gasteiger partial charge in [-0.05, 0) is 55.7 Å². The molecule has 1 aromatic heterocycles. The summed E-state index contributed by atoms with van der Waals surface area (Å²) >= 11 is 1.64. The Hall–Kier alpha value is -3.91. The molecule has 4 aromatic rings. The minimum atomic E-state index is -0.0179. The number of benzene rings is 3. The van der Waals surface area contributed by atoms with Crippen molar-refractivity contribution in [2.24, 2.45) is 0 Å². The van der Waals surface area contributed by atoms with Crippen molar-refractivity contribution < 1.29 is 9.59 Å². The molecule has 0 saturated carbocycles. The predicted molar refractivity (Wildman–Crippen MR) is 159 cm³/mol. The Morgan fingerprint density at radius 2 is 1.68 bits per heavy atom. The smallest absolute Gasteiger partial charge is 0.254 e. The lowest BCUT2D eigenvalue weighted by molar-refractivity contribution is -0.133. The van der Waals surface area contributed by atoms with Gasteiger partial charge in [0.25, 0.3) is 5.91 Å². The van der Waals surface area contributed by atoms with E-state index in [-0.39, 0.29) is 17.9 Å². The summed E-state index contributed by atoms with van der Waals surface area (Å²) in [6, 6.07) is 28.0. The lowest BCUT2D eigenvalue weighted by Gasteiger charge is -2.40. The van der Waals surface area contributed by atoms with E-state index in [0.29, 0.717) is 38.0 Å². The van der Waals surface area contributed by atoms with Crippen LogP contribution in [0.15, 0.2) is 90.1 Å². The Morgan fingerprint density at radius 3 is 2.40 bits per heavy atom. The van der Waals surface area contributed by atoms with Crippen molar-refractivity contribution in [3.8, 4) is 5.69 Å². The molecule has 0 bridgehead atoms. The highest BCUT2D eigenvalue weighted by Crippen LogP contribution is 2.25. The number of rotatable bonds is 9. The molecule has 1 saturated heterocycles. The van der Waals surface area contributed by atoms with Gasteiger partial charge in [-0.3, -0.25) is 14.2 Å². The highest BCUT2D eigenvalue weighted by molar-refractivity contribution is 7.99. The third-order valence-electron chi connectivity index (χ3n) is 7.19. The molecule has 1 atom stereocenters. The van der Waals surface area contributed by atoms with Gasteiger partial charge in [-0.2, -0.15) is 0 Å². The second-order valence-electron chi connectivity index (χ2n) is 10.2. The molecule has 1 fully saturated rings. The molecule has 1 aliphatic heterocycles. The van der Waals surface area contributed by atoms with Crippen LogP contribution in [0.3, 0.4) is 0 Å². The summed E-state index contributed by atoms with van der Waals surface area (Å²) in [5.41, 5.74) is 4.10. The van der Waals surface area contributed by atoms with Gasteiger partial charge in [-0.15, -0.1) is 10.2 Å². The van der Waals surface area contributed by atoms with Crippen molar-refractivity contribution in [1.82, 2.24) is 24.6 Å². The average molecular weight is 554 g/mol. The number of aryl methyl sites for hydroxylation is 1. The molecule has 0 spiro atoms. The van der Waals surface area contributed by atoms with Crippen molar-refractivity contribution in [2.45, 2.75) is 44.3 Å². The van der Waals surface area contributed by atoms with Crippen molar-refractivity contribution in [2.75, 3.05) is 25.4 Å². The first-order chi connectivity index (χ1) is 19.5. The van der Waals surface area contributed by atoms with Gasteiger partial charge in [0.1, 0.15) is 5.82 Å². The van der Waals surface area contributed by atoms with E-state index in [4.69, 9.17) is 0 Å². The number of piperazine rings is 1. The second kappa shape index (κ2) is 13.0. The van der Waals surface area contributed by atoms with Crippen LogP contribution in [0.25, 0.3) is 5.69 Å². The number of hydrogen-bond donors (Lipinski definition) is 0. The van der Waals surface area contributed by atoms with Gasteiger partial charge in [0.05, 0.1) is 0 Å². The summed E-state index contributed by atoms with van der Waals surface area (Å²) in [6.45, 7) is 5.79. The van der Waals surface area contributed by atoms with Gasteiger partial charge in [0, 0.05) is 55.5 Å². The minimum Gasteiger partial charge on any atom is -0.339 e. The maximum absolute atomic E-state index is 13.0. The first-order valence-corrected chi connectivity index (χ1v) is 14.8. The highest BCUT2D eigenvalue weighted by Gasteiger charge is 2.30. The van der Waals surface area contributed by atoms with Gasteiger partial charge in [-0.25, -0.2) is 0 Å². The number of thioether (sulfide) groups is 1. The minimum absolute atomic E-state index is 0.0179. The lowest BCUT2D eigenvalue weighted by atomic mass is 10.1. The van der Waals surface area contributed by atoms with Crippen LogP contribution < -0.4 is 0 Å². The molecule has 3 aromatic carbocycles. The zero-order chi connectivity index (χ0) is 27.9. The van der Waals surface area contributed by atoms with Crippen molar-refractivity contribution >= 4 is 23.6 Å². The Labute approximate surface area is 240 Å². The van der Waals surface area contributed by atoms with E-state index in [1.807, 2.05) is 65.3 Å². The molecule has 206 valence electrons. The summed E-state index contributed by atoms with van der Waals surface area (Å²) in [5.74, 6) is 1.83. The van der Waals surface area contributed by atoms with Crippen LogP contribution >= 0.6 is 11.8 Å². The van der Waals surface area contributed by atoms with E-state index >= 15 is 0 Å². The molecule has 1 unspecified atom stereocenters. The summed E-state index contributed by atoms with van der Waals surface area (Å²) in [7, 11) is 0. The summed E-state index contributed by atoms with van der Waals surface area (Å²) in [4.78, 5) is 29.7. The third-order valence-corrected chi connectivity index (χ3v) is 8.21. The quantitative estimate of drug-likeness (QED) is 0.205. The standard InChI is InChI=1S/C32H35N5O2S/c1-24-11-9-16-28(21-24)37-29(22-26-12-5-3-6-13-26)33-34-32(37)40-20-10-17-30(38)35-18-19-36(25(2)23-35)31(39)27-14-7-4-8-15-27/h3-9,11-16,21,25H,10,17-20,22-23H2,1-2H3. The predicted octanol–water partition coefficient (Wildman–Crippen LogP) is 5.41. The van der Waals surface area contributed by atoms with Gasteiger partial charge < -0.3 is 9.80 Å². The normalized spacial score (nSPS) is 15.3. The molecular formula is C32H35N5O2S. The monoisotopic (exact) mass is 553 g/mol. The summed E-state index contributed by atoms with van der Waals surface area (Å²) in [5, 5.41) is 9.91. The first kappa shape index (κ1) is 27.6. The molecule has 0 N–H and O–H groups in total. The number of aromatic nitrogens is 3. The number of carbonyl (C=O) groups excluding carboxylic acids is 2. The number of nitrogens with zero attached hydrogens (tertiary/aromatic N) is 5. The van der Waals surface area contributed by atoms with Crippen LogP contribution in [0.4, 0.5) is 0 Å². The fourth-order valence-electron chi connectivity index (χ4n) is 5.09. The van der Waals surface area contributed by atoms with Crippen molar-refractivity contribution in [1.29, 1.82) is 0 Å². The van der Waals surface area contributed by atoms with E-state index in [1.165, 1.54) is 11.1 Å². The van der Waals surface area contributed by atoms with E-state index in [1.54, 1.807) is 11.8 Å². The summed E-state index contributed by atoms with van der Waals surface area (Å²) in [6.07, 6.45) is 1.91. The van der Waals surface area contributed by atoms with E-state index < -0.39 is 0 Å². The van der Waals surface area contributed by atoms with Crippen LogP contribution in [-0.4, -0.2) is 67.8 Å². The Bertz CT molecular complexity index is 1440. The van der Waals surface area contributed by atoms with Gasteiger partial charge >= 0.3 is 0 Å². The van der Waals surface area contributed by atoms with Gasteiger partial charge in [0.15, 0.2) is 5.16 Å². The molecule has 2 amide bonds. The molecule has 40 heavy (non-hydrogen) atoms. The topological polar surface area (TPSA) is 71.3 Å². The molecule has 0 radical (unpaired) electrons. The van der Waals surface area contributed by atoms with Crippen LogP contribution in [0.2, 0.25) is 0 Å². The second-order valence-corrected chi connectivity index (χ2v) is 11.3. The molecule has 2 heterocycles. The van der Waals surface area contributed by atoms with Crippen LogP contribution in [0, 0.1) is 6.92 Å². The van der Waals surface area contributed by atoms with Crippen molar-refractivity contribution in [3.63, 3.8) is 0 Å². The Balaban J connectivity index is 1.17. The van der Waals surface area contributed by atoms with E-state index in [9.17, 15) is 9.59 Å². The largest absolute Gasteiger partial charge is 0.339 e. The van der Waals surface area contributed by atoms with E-state index in [2.05, 4.69) is 58.1 Å². The molecular weight excluding hydrogens is 518 g/mol. The lowest BCUT2D eigenvalue weighted by Crippen LogP contribution is -2.55. The highest BCUT2D eigenvalue weighted by atomic mass is 32.2. The van der Waals surface area contributed by atoms with Crippen LogP contribution in [-0.2, 0) is 11.2 Å². The fraction of sp³-hybridized carbons (Fsp3) is 0.312. The van der Waals surface area contributed by atoms with E-state index in [0.717, 1.165) is 28.8 Å². The number of amides is 2. The van der Waals surface area contributed by atoms with Crippen molar-refractivity contribution in [3.05, 3.63) is 107 Å². The molecule has 0 aliphatic carbocycles. The maximum Gasteiger partial charge on any atom is 0.254 e. The zero-order valence-corrected chi connectivity index (χ0v) is 23.9. The molecule has 1 aliphatic rings. The number of carbonyl (C=O) groups is 2. The molecule has 8 heteroatoms. The average Bonchev–Trinajstić information content (AvgIpc) is 3.37. The molecule has 7 nitrogen and oxygen atoms in total. The Morgan fingerprint density at radius 1 is 0.925 bits per heavy atom.